The maximum atomic E-state index is 10.7. The minimum atomic E-state index is -1.94. The van der Waals surface area contributed by atoms with Crippen LogP contribution in [0.5, 0.6) is 0 Å². The molecule has 0 atom stereocenters. The molecule has 0 aliphatic heterocycles. The van der Waals surface area contributed by atoms with Crippen LogP contribution in [0, 0.1) is 17.8 Å². The average Bonchev–Trinajstić information content (AvgIpc) is 2.56. The molecule has 0 rings (SSSR count). The Hall–Kier alpha value is 0.771. The van der Waals surface area contributed by atoms with Crippen molar-refractivity contribution in [3.8, 4) is 0 Å². The first-order valence-corrected chi connectivity index (χ1v) is 14.6. The second-order valence-corrected chi connectivity index (χ2v) is 12.9. The van der Waals surface area contributed by atoms with Gasteiger partial charge in [-0.2, -0.15) is 0 Å². The maximum absolute atomic E-state index is 10.7. The summed E-state index contributed by atoms with van der Waals surface area (Å²) in [6.07, 6.45) is 6.11. The van der Waals surface area contributed by atoms with Gasteiger partial charge in [0.2, 0.25) is 0 Å². The fourth-order valence-corrected chi connectivity index (χ4v) is 8.06. The molecule has 0 spiro atoms. The van der Waals surface area contributed by atoms with E-state index in [0.717, 1.165) is 56.7 Å². The van der Waals surface area contributed by atoms with Crippen molar-refractivity contribution in [2.24, 2.45) is 17.8 Å². The van der Waals surface area contributed by atoms with Crippen molar-refractivity contribution in [2.45, 2.75) is 119 Å². The van der Waals surface area contributed by atoms with Gasteiger partial charge in [0.05, 0.1) is 0 Å². The summed E-state index contributed by atoms with van der Waals surface area (Å²) in [7, 11) is -1.94. The van der Waals surface area contributed by atoms with Crippen molar-refractivity contribution in [1.82, 2.24) is 0 Å². The molecule has 4 N–H and O–H groups in total. The van der Waals surface area contributed by atoms with Gasteiger partial charge in [0.15, 0.2) is 8.32 Å². The molecule has 0 heterocycles. The van der Waals surface area contributed by atoms with Crippen LogP contribution in [-0.4, -0.2) is 48.3 Å². The van der Waals surface area contributed by atoms with Crippen molar-refractivity contribution >= 4 is 8.32 Å². The molecule has 0 aromatic heterocycles. The molecule has 0 fully saturated rings. The zero-order valence-electron chi connectivity index (χ0n) is 22.0. The first-order valence-electron chi connectivity index (χ1n) is 12.0. The van der Waals surface area contributed by atoms with Crippen LogP contribution >= 0.6 is 0 Å². The summed E-state index contributed by atoms with van der Waals surface area (Å²) < 4.78 is 0. The number of hydrogen-bond acceptors (Lipinski definition) is 4. The van der Waals surface area contributed by atoms with Gasteiger partial charge >= 0.3 is 0 Å². The van der Waals surface area contributed by atoms with Crippen LogP contribution < -0.4 is 0 Å². The first kappa shape index (κ1) is 41.1. The van der Waals surface area contributed by atoms with Gasteiger partial charge in [-0.15, -0.1) is 0 Å². The third-order valence-corrected chi connectivity index (χ3v) is 8.63. The predicted molar refractivity (Wildman–Crippen MR) is 133 cm³/mol. The van der Waals surface area contributed by atoms with Gasteiger partial charge in [0.25, 0.3) is 0 Å². The molecule has 4 nitrogen and oxygen atoms in total. The van der Waals surface area contributed by atoms with Crippen LogP contribution in [0.1, 0.15) is 101 Å². The van der Waals surface area contributed by atoms with Gasteiger partial charge in [0, 0.05) is 41.5 Å². The van der Waals surface area contributed by atoms with E-state index in [9.17, 15) is 4.80 Å². The summed E-state index contributed by atoms with van der Waals surface area (Å²) >= 11 is 0. The molecule has 186 valence electrons. The third kappa shape index (κ3) is 46.8. The molecule has 0 bridgehead atoms. The van der Waals surface area contributed by atoms with E-state index in [1.54, 1.807) is 0 Å². The van der Waals surface area contributed by atoms with E-state index in [2.05, 4.69) is 62.3 Å². The number of unbranched alkanes of at least 4 members (excludes halogenated alkanes) is 3. The summed E-state index contributed by atoms with van der Waals surface area (Å²) in [6, 6.07) is 3.22. The quantitative estimate of drug-likeness (QED) is 0.247. The molecule has 0 amide bonds. The van der Waals surface area contributed by atoms with Gasteiger partial charge < -0.3 is 20.1 Å². The van der Waals surface area contributed by atoms with Crippen molar-refractivity contribution in [1.29, 1.82) is 0 Å². The van der Waals surface area contributed by atoms with Gasteiger partial charge in [-0.05, 0) is 55.1 Å². The first-order chi connectivity index (χ1) is 13.5. The fraction of sp³-hybridized carbons (Fsp3) is 1.00. The standard InChI is InChI=1S/C12H28OSi.3C4H10O.Ti/c1-10(2)7-14(13,8-11(3)4)9-12(5)6;3*1-2-3-4-5;/h10-13H,7-9H2,1-6H3;3*5H,2-4H2,1H3;. The van der Waals surface area contributed by atoms with Crippen LogP contribution in [0.4, 0.5) is 0 Å². The van der Waals surface area contributed by atoms with Crippen LogP contribution in [0.25, 0.3) is 0 Å². The molecular weight excluding hydrogens is 428 g/mol. The Labute approximate surface area is 206 Å². The Bertz CT molecular complexity index is 231. The Morgan fingerprint density at radius 3 is 0.800 bits per heavy atom. The van der Waals surface area contributed by atoms with Crippen molar-refractivity contribution in [2.75, 3.05) is 19.8 Å². The van der Waals surface area contributed by atoms with Crippen molar-refractivity contribution in [3.63, 3.8) is 0 Å². The molecular formula is C24H58O4SiTi. The summed E-state index contributed by atoms with van der Waals surface area (Å²) in [5.74, 6) is 1.93. The monoisotopic (exact) mass is 486 g/mol. The zero-order valence-corrected chi connectivity index (χ0v) is 24.6. The Kier molecular flexibility index (Phi) is 43.7. The van der Waals surface area contributed by atoms with Crippen LogP contribution in [-0.2, 0) is 21.7 Å². The Morgan fingerprint density at radius 2 is 0.733 bits per heavy atom. The van der Waals surface area contributed by atoms with E-state index in [4.69, 9.17) is 15.3 Å². The van der Waals surface area contributed by atoms with Crippen LogP contribution in [0.15, 0.2) is 0 Å². The van der Waals surface area contributed by atoms with E-state index in [0.29, 0.717) is 37.6 Å². The molecule has 6 heteroatoms. The predicted octanol–water partition coefficient (Wildman–Crippen LogP) is 6.23. The number of aliphatic hydroxyl groups is 3. The molecule has 0 saturated carbocycles. The van der Waals surface area contributed by atoms with E-state index in [1.807, 2.05) is 0 Å². The molecule has 0 radical (unpaired) electrons. The fourth-order valence-electron chi connectivity index (χ4n) is 3.00. The van der Waals surface area contributed by atoms with E-state index >= 15 is 0 Å². The van der Waals surface area contributed by atoms with Gasteiger partial charge in [-0.1, -0.05) is 81.6 Å². The molecule has 0 aliphatic rings. The molecule has 0 aromatic carbocycles. The molecule has 0 saturated heterocycles. The zero-order chi connectivity index (χ0) is 23.7. The average molecular weight is 487 g/mol. The van der Waals surface area contributed by atoms with E-state index in [-0.39, 0.29) is 21.7 Å². The van der Waals surface area contributed by atoms with E-state index in [1.165, 1.54) is 0 Å². The third-order valence-electron chi connectivity index (χ3n) is 3.90. The van der Waals surface area contributed by atoms with Crippen molar-refractivity contribution in [3.05, 3.63) is 0 Å². The van der Waals surface area contributed by atoms with E-state index < -0.39 is 8.32 Å². The second-order valence-electron chi connectivity index (χ2n) is 9.25. The molecule has 30 heavy (non-hydrogen) atoms. The molecule has 0 unspecified atom stereocenters. The number of aliphatic hydroxyl groups excluding tert-OH is 3. The Balaban J connectivity index is -0.000000108. The largest absolute Gasteiger partial charge is 0.432 e. The SMILES string of the molecule is CC(C)C[Si](O)(CC(C)C)CC(C)C.CCCCO.CCCCO.CCCCO.[Ti]. The van der Waals surface area contributed by atoms with Crippen LogP contribution in [0.3, 0.4) is 0 Å². The summed E-state index contributed by atoms with van der Waals surface area (Å²) in [5, 5.41) is 24.2. The Morgan fingerprint density at radius 1 is 0.533 bits per heavy atom. The molecule has 0 aliphatic carbocycles. The topological polar surface area (TPSA) is 80.9 Å². The summed E-state index contributed by atoms with van der Waals surface area (Å²) in [6.45, 7) is 20.5. The number of hydrogen-bond donors (Lipinski definition) is 4. The minimum Gasteiger partial charge on any atom is -0.432 e. The maximum Gasteiger partial charge on any atom is 0.189 e. The van der Waals surface area contributed by atoms with Gasteiger partial charge in [-0.25, -0.2) is 0 Å². The normalized spacial score (nSPS) is 10.4. The minimum absolute atomic E-state index is 0. The van der Waals surface area contributed by atoms with Crippen molar-refractivity contribution < 1.29 is 41.8 Å². The van der Waals surface area contributed by atoms with Gasteiger partial charge in [-0.3, -0.25) is 0 Å². The van der Waals surface area contributed by atoms with Gasteiger partial charge in [0.1, 0.15) is 0 Å². The summed E-state index contributed by atoms with van der Waals surface area (Å²) in [5.41, 5.74) is 0. The second kappa shape index (κ2) is 32.0. The number of rotatable bonds is 12. The van der Waals surface area contributed by atoms with Crippen LogP contribution in [0.2, 0.25) is 18.1 Å². The smallest absolute Gasteiger partial charge is 0.189 e. The molecule has 0 aromatic rings. The summed E-state index contributed by atoms with van der Waals surface area (Å²) in [4.78, 5) is 10.7.